The Labute approximate surface area is 161 Å². The van der Waals surface area contributed by atoms with Crippen LogP contribution in [0.4, 0.5) is 5.69 Å². The summed E-state index contributed by atoms with van der Waals surface area (Å²) >= 11 is 0. The molecule has 1 atom stereocenters. The lowest BCUT2D eigenvalue weighted by Crippen LogP contribution is -2.49. The van der Waals surface area contributed by atoms with E-state index in [1.54, 1.807) is 4.90 Å². The summed E-state index contributed by atoms with van der Waals surface area (Å²) in [5.41, 5.74) is 3.17. The Bertz CT molecular complexity index is 791. The largest absolute Gasteiger partial charge is 0.353 e. The third-order valence-corrected chi connectivity index (χ3v) is 4.94. The second-order valence-electron chi connectivity index (χ2n) is 6.98. The third-order valence-electron chi connectivity index (χ3n) is 4.94. The number of anilines is 1. The van der Waals surface area contributed by atoms with E-state index < -0.39 is 6.04 Å². The maximum absolute atomic E-state index is 12.8. The highest BCUT2D eigenvalue weighted by atomic mass is 16.2. The minimum Gasteiger partial charge on any atom is -0.353 e. The number of nitrogens with one attached hydrogen (secondary N) is 1. The van der Waals surface area contributed by atoms with Crippen molar-refractivity contribution in [2.75, 3.05) is 25.0 Å². The van der Waals surface area contributed by atoms with Crippen molar-refractivity contribution in [1.29, 1.82) is 0 Å². The average molecular weight is 365 g/mol. The van der Waals surface area contributed by atoms with Crippen molar-refractivity contribution in [2.45, 2.75) is 32.4 Å². The molecule has 3 rings (SSSR count). The highest BCUT2D eigenvalue weighted by Crippen LogP contribution is 2.32. The van der Waals surface area contributed by atoms with Gasteiger partial charge in [0.2, 0.25) is 11.8 Å². The van der Waals surface area contributed by atoms with Gasteiger partial charge in [0.25, 0.3) is 0 Å². The summed E-state index contributed by atoms with van der Waals surface area (Å²) in [4.78, 5) is 29.0. The van der Waals surface area contributed by atoms with Crippen molar-refractivity contribution in [2.24, 2.45) is 0 Å². The number of carbonyl (C=O) groups is 2. The second-order valence-corrected chi connectivity index (χ2v) is 6.98. The van der Waals surface area contributed by atoms with Gasteiger partial charge in [-0.25, -0.2) is 0 Å². The number of fused-ring (bicyclic) bond motifs is 1. The summed E-state index contributed by atoms with van der Waals surface area (Å²) in [5, 5.41) is 3.01. The number of amides is 2. The van der Waals surface area contributed by atoms with Gasteiger partial charge in [-0.15, -0.1) is 0 Å². The first-order valence-corrected chi connectivity index (χ1v) is 9.50. The van der Waals surface area contributed by atoms with Gasteiger partial charge in [0.1, 0.15) is 6.04 Å². The van der Waals surface area contributed by atoms with Crippen LogP contribution < -0.4 is 10.2 Å². The zero-order chi connectivity index (χ0) is 19.2. The highest BCUT2D eigenvalue weighted by Gasteiger charge is 2.37. The van der Waals surface area contributed by atoms with Gasteiger partial charge in [-0.05, 0) is 24.2 Å². The Hall–Kier alpha value is -2.66. The molecule has 5 heteroatoms. The molecule has 1 aliphatic heterocycles. The molecular weight excluding hydrogens is 338 g/mol. The molecule has 0 fully saturated rings. The molecular formula is C22H27N3O2. The molecule has 1 aliphatic rings. The van der Waals surface area contributed by atoms with E-state index in [1.165, 1.54) is 5.56 Å². The molecule has 0 unspecified atom stereocenters. The predicted octanol–water partition coefficient (Wildman–Crippen LogP) is 2.60. The van der Waals surface area contributed by atoms with E-state index in [2.05, 4.69) is 22.3 Å². The van der Waals surface area contributed by atoms with E-state index >= 15 is 0 Å². The van der Waals surface area contributed by atoms with Crippen molar-refractivity contribution in [3.8, 4) is 0 Å². The summed E-state index contributed by atoms with van der Waals surface area (Å²) in [6.45, 7) is 3.98. The smallest absolute Gasteiger partial charge is 0.243 e. The van der Waals surface area contributed by atoms with Gasteiger partial charge in [-0.3, -0.25) is 14.5 Å². The van der Waals surface area contributed by atoms with Crippen LogP contribution in [0.15, 0.2) is 54.6 Å². The standard InChI is InChI=1S/C22H27N3O2/c1-3-21(26)25-19-12-8-7-11-18(19)15-20(25)22(27)23-13-14-24(2)16-17-9-5-4-6-10-17/h4-12,20H,3,13-16H2,1-2H3,(H,23,27)/t20-/m0/s1. The fourth-order valence-corrected chi connectivity index (χ4v) is 3.54. The SMILES string of the molecule is CCC(=O)N1c2ccccc2C[C@H]1C(=O)NCCN(C)Cc1ccccc1. The Morgan fingerprint density at radius 2 is 1.81 bits per heavy atom. The average Bonchev–Trinajstić information content (AvgIpc) is 3.08. The molecule has 0 saturated carbocycles. The van der Waals surface area contributed by atoms with Crippen LogP contribution in [-0.4, -0.2) is 42.9 Å². The van der Waals surface area contributed by atoms with Gasteiger partial charge in [0.15, 0.2) is 0 Å². The summed E-state index contributed by atoms with van der Waals surface area (Å²) in [6, 6.07) is 17.6. The molecule has 1 heterocycles. The topological polar surface area (TPSA) is 52.7 Å². The number of rotatable bonds is 7. The fraction of sp³-hybridized carbons (Fsp3) is 0.364. The fourth-order valence-electron chi connectivity index (χ4n) is 3.54. The Balaban J connectivity index is 1.55. The molecule has 0 bridgehead atoms. The molecule has 0 radical (unpaired) electrons. The summed E-state index contributed by atoms with van der Waals surface area (Å²) in [6.07, 6.45) is 0.964. The quantitative estimate of drug-likeness (QED) is 0.821. The molecule has 0 spiro atoms. The lowest BCUT2D eigenvalue weighted by molar-refractivity contribution is -0.126. The predicted molar refractivity (Wildman–Crippen MR) is 107 cm³/mol. The molecule has 0 saturated heterocycles. The van der Waals surface area contributed by atoms with E-state index in [0.717, 1.165) is 24.3 Å². The summed E-state index contributed by atoms with van der Waals surface area (Å²) in [5.74, 6) is -0.0950. The van der Waals surface area contributed by atoms with E-state index in [0.29, 0.717) is 19.4 Å². The maximum atomic E-state index is 12.8. The molecule has 0 aliphatic carbocycles. The molecule has 5 nitrogen and oxygen atoms in total. The second kappa shape index (κ2) is 8.82. The number of hydrogen-bond acceptors (Lipinski definition) is 3. The third kappa shape index (κ3) is 4.55. The zero-order valence-corrected chi connectivity index (χ0v) is 16.0. The van der Waals surface area contributed by atoms with Crippen LogP contribution in [0.25, 0.3) is 0 Å². The van der Waals surface area contributed by atoms with E-state index in [-0.39, 0.29) is 11.8 Å². The minimum atomic E-state index is -0.450. The van der Waals surface area contributed by atoms with Gasteiger partial charge in [-0.2, -0.15) is 0 Å². The molecule has 2 aromatic carbocycles. The first kappa shape index (κ1) is 19.1. The van der Waals surface area contributed by atoms with Crippen LogP contribution in [0.3, 0.4) is 0 Å². The Kier molecular flexibility index (Phi) is 6.24. The number of likely N-dealkylation sites (N-methyl/N-ethyl adjacent to an activating group) is 1. The number of para-hydroxylation sites is 1. The van der Waals surface area contributed by atoms with Crippen molar-refractivity contribution in [3.63, 3.8) is 0 Å². The molecule has 27 heavy (non-hydrogen) atoms. The van der Waals surface area contributed by atoms with Crippen LogP contribution in [0.2, 0.25) is 0 Å². The molecule has 1 N–H and O–H groups in total. The molecule has 0 aromatic heterocycles. The lowest BCUT2D eigenvalue weighted by atomic mass is 10.1. The first-order valence-electron chi connectivity index (χ1n) is 9.50. The van der Waals surface area contributed by atoms with Gasteiger partial charge in [0.05, 0.1) is 0 Å². The monoisotopic (exact) mass is 365 g/mol. The summed E-state index contributed by atoms with van der Waals surface area (Å²) in [7, 11) is 2.04. The molecule has 2 aromatic rings. The zero-order valence-electron chi connectivity index (χ0n) is 16.0. The van der Waals surface area contributed by atoms with Crippen LogP contribution in [0, 0.1) is 0 Å². The Morgan fingerprint density at radius 3 is 2.56 bits per heavy atom. The van der Waals surface area contributed by atoms with Gasteiger partial charge >= 0.3 is 0 Å². The van der Waals surface area contributed by atoms with E-state index in [1.807, 2.05) is 56.4 Å². The highest BCUT2D eigenvalue weighted by molar-refractivity contribution is 6.03. The van der Waals surface area contributed by atoms with Crippen molar-refractivity contribution in [3.05, 3.63) is 65.7 Å². The normalized spacial score (nSPS) is 15.7. The van der Waals surface area contributed by atoms with E-state index in [4.69, 9.17) is 0 Å². The van der Waals surface area contributed by atoms with Gasteiger partial charge in [-0.1, -0.05) is 55.5 Å². The first-order chi connectivity index (χ1) is 13.1. The number of carbonyl (C=O) groups excluding carboxylic acids is 2. The lowest BCUT2D eigenvalue weighted by Gasteiger charge is -2.25. The van der Waals surface area contributed by atoms with Crippen molar-refractivity contribution in [1.82, 2.24) is 10.2 Å². The van der Waals surface area contributed by atoms with Crippen molar-refractivity contribution < 1.29 is 9.59 Å². The number of hydrogen-bond donors (Lipinski definition) is 1. The molecule has 2 amide bonds. The van der Waals surface area contributed by atoms with E-state index in [9.17, 15) is 9.59 Å². The molecule has 142 valence electrons. The maximum Gasteiger partial charge on any atom is 0.243 e. The Morgan fingerprint density at radius 1 is 1.11 bits per heavy atom. The van der Waals surface area contributed by atoms with Crippen LogP contribution >= 0.6 is 0 Å². The minimum absolute atomic E-state index is 0.0127. The number of benzene rings is 2. The van der Waals surface area contributed by atoms with Gasteiger partial charge < -0.3 is 10.2 Å². The van der Waals surface area contributed by atoms with Crippen molar-refractivity contribution >= 4 is 17.5 Å². The number of nitrogens with zero attached hydrogens (tertiary/aromatic N) is 2. The van der Waals surface area contributed by atoms with Crippen LogP contribution in [0.5, 0.6) is 0 Å². The van der Waals surface area contributed by atoms with Gasteiger partial charge in [0, 0.05) is 38.2 Å². The van der Waals surface area contributed by atoms with Crippen LogP contribution in [-0.2, 0) is 22.6 Å². The van der Waals surface area contributed by atoms with Crippen LogP contribution in [0.1, 0.15) is 24.5 Å². The summed E-state index contributed by atoms with van der Waals surface area (Å²) < 4.78 is 0.